The number of carbonyl (C=O) groups excluding carboxylic acids is 1. The normalized spacial score (nSPS) is 16.5. The number of aromatic nitrogens is 3. The number of fused-ring (bicyclic) bond motifs is 1. The molecule has 1 saturated heterocycles. The Morgan fingerprint density at radius 1 is 1.34 bits per heavy atom. The van der Waals surface area contributed by atoms with Crippen molar-refractivity contribution in [3.8, 4) is 5.75 Å². The number of rotatable bonds is 5. The van der Waals surface area contributed by atoms with Crippen molar-refractivity contribution in [1.29, 1.82) is 0 Å². The Hall–Kier alpha value is -2.51. The molecular weight excluding hydrogens is 413 g/mol. The van der Waals surface area contributed by atoms with E-state index < -0.39 is 5.91 Å². The summed E-state index contributed by atoms with van der Waals surface area (Å²) >= 11 is 11.9. The van der Waals surface area contributed by atoms with Gasteiger partial charge in [-0.05, 0) is 37.1 Å². The van der Waals surface area contributed by atoms with E-state index in [1.54, 1.807) is 0 Å². The van der Waals surface area contributed by atoms with Crippen LogP contribution in [0.15, 0.2) is 30.5 Å². The van der Waals surface area contributed by atoms with Crippen molar-refractivity contribution in [2.24, 2.45) is 0 Å². The summed E-state index contributed by atoms with van der Waals surface area (Å²) in [5, 5.41) is 18.1. The van der Waals surface area contributed by atoms with Crippen LogP contribution >= 0.6 is 23.2 Å². The molecule has 2 aromatic heterocycles. The summed E-state index contributed by atoms with van der Waals surface area (Å²) in [6, 6.07) is 6.64. The molecule has 1 aliphatic rings. The molecule has 4 rings (SSSR count). The third kappa shape index (κ3) is 3.97. The summed E-state index contributed by atoms with van der Waals surface area (Å²) < 4.78 is 1.89. The van der Waals surface area contributed by atoms with Gasteiger partial charge in [0.2, 0.25) is 0 Å². The number of hydrogen-bond acceptors (Lipinski definition) is 5. The number of nitrogens with one attached hydrogen (secondary N) is 1. The summed E-state index contributed by atoms with van der Waals surface area (Å²) in [7, 11) is 0. The number of anilines is 1. The number of aryl methyl sites for hydroxylation is 1. The first kappa shape index (κ1) is 19.8. The van der Waals surface area contributed by atoms with Crippen LogP contribution in [0.5, 0.6) is 5.75 Å². The highest BCUT2D eigenvalue weighted by atomic mass is 35.5. The number of phenols is 1. The Morgan fingerprint density at radius 3 is 2.97 bits per heavy atom. The Morgan fingerprint density at radius 2 is 2.17 bits per heavy atom. The van der Waals surface area contributed by atoms with Gasteiger partial charge in [-0.2, -0.15) is 0 Å². The maximum Gasteiger partial charge on any atom is 0.255 e. The highest BCUT2D eigenvalue weighted by molar-refractivity contribution is 6.36. The maximum absolute atomic E-state index is 12.6. The number of hydrogen-bond donors (Lipinski definition) is 2. The van der Waals surface area contributed by atoms with Crippen LogP contribution < -0.4 is 10.2 Å². The minimum absolute atomic E-state index is 0.0522. The average molecular weight is 434 g/mol. The van der Waals surface area contributed by atoms with Gasteiger partial charge in [-0.25, -0.2) is 9.50 Å². The zero-order valence-electron chi connectivity index (χ0n) is 15.9. The van der Waals surface area contributed by atoms with Gasteiger partial charge in [-0.3, -0.25) is 4.79 Å². The van der Waals surface area contributed by atoms with Crippen molar-refractivity contribution in [2.75, 3.05) is 18.0 Å². The number of carbonyl (C=O) groups is 1. The van der Waals surface area contributed by atoms with Crippen LogP contribution in [0.1, 0.15) is 35.8 Å². The van der Waals surface area contributed by atoms with Crippen molar-refractivity contribution < 1.29 is 9.90 Å². The van der Waals surface area contributed by atoms with E-state index in [-0.39, 0.29) is 22.4 Å². The quantitative estimate of drug-likeness (QED) is 0.640. The molecule has 1 amide bonds. The number of imidazole rings is 1. The molecule has 3 heterocycles. The average Bonchev–Trinajstić information content (AvgIpc) is 3.32. The Kier molecular flexibility index (Phi) is 5.52. The van der Waals surface area contributed by atoms with E-state index in [1.165, 1.54) is 12.1 Å². The van der Waals surface area contributed by atoms with E-state index in [2.05, 4.69) is 22.1 Å². The lowest BCUT2D eigenvalue weighted by Gasteiger charge is -2.18. The van der Waals surface area contributed by atoms with Gasteiger partial charge in [0.25, 0.3) is 5.91 Å². The number of nitrogens with zero attached hydrogens (tertiary/aromatic N) is 4. The summed E-state index contributed by atoms with van der Waals surface area (Å²) in [6.45, 7) is 3.52. The van der Waals surface area contributed by atoms with Crippen LogP contribution in [0, 0.1) is 0 Å². The SMILES string of the molecule is CCCc1cnc2ccc(N3CC[C@H](NC(=O)c4cc(Cl)cc(Cl)c4O)C3)nn12. The molecule has 0 unspecified atom stereocenters. The minimum Gasteiger partial charge on any atom is -0.506 e. The zero-order chi connectivity index (χ0) is 20.5. The van der Waals surface area contributed by atoms with E-state index in [1.807, 2.05) is 22.8 Å². The van der Waals surface area contributed by atoms with E-state index in [0.717, 1.165) is 43.0 Å². The van der Waals surface area contributed by atoms with Crippen molar-refractivity contribution in [1.82, 2.24) is 19.9 Å². The molecule has 1 aromatic carbocycles. The first-order valence-corrected chi connectivity index (χ1v) is 10.3. The molecule has 9 heteroatoms. The fourth-order valence-electron chi connectivity index (χ4n) is 3.59. The highest BCUT2D eigenvalue weighted by Gasteiger charge is 2.27. The fraction of sp³-hybridized carbons (Fsp3) is 0.350. The molecule has 1 fully saturated rings. The Bertz CT molecular complexity index is 1070. The van der Waals surface area contributed by atoms with Crippen LogP contribution in [-0.2, 0) is 6.42 Å². The van der Waals surface area contributed by atoms with Gasteiger partial charge < -0.3 is 15.3 Å². The van der Waals surface area contributed by atoms with Crippen molar-refractivity contribution in [3.63, 3.8) is 0 Å². The first-order valence-electron chi connectivity index (χ1n) is 9.53. The number of phenolic OH excluding ortho intramolecular Hbond substituents is 1. The molecule has 29 heavy (non-hydrogen) atoms. The number of halogens is 2. The van der Waals surface area contributed by atoms with Crippen LogP contribution in [0.25, 0.3) is 5.65 Å². The van der Waals surface area contributed by atoms with E-state index in [4.69, 9.17) is 28.3 Å². The standard InChI is InChI=1S/C20H21Cl2N5O2/c1-2-3-14-10-23-17-4-5-18(25-27(14)17)26-7-6-13(11-26)24-20(29)15-8-12(21)9-16(22)19(15)28/h4-5,8-10,13,28H,2-3,6-7,11H2,1H3,(H,24,29)/t13-/m0/s1. The summed E-state index contributed by atoms with van der Waals surface area (Å²) in [6.07, 6.45) is 4.58. The van der Waals surface area contributed by atoms with Crippen LogP contribution in [-0.4, -0.2) is 44.7 Å². The molecule has 1 aliphatic heterocycles. The lowest BCUT2D eigenvalue weighted by Crippen LogP contribution is -2.37. The second-order valence-electron chi connectivity index (χ2n) is 7.15. The van der Waals surface area contributed by atoms with Gasteiger partial charge in [0.15, 0.2) is 5.65 Å². The van der Waals surface area contributed by atoms with Gasteiger partial charge in [-0.15, -0.1) is 5.10 Å². The van der Waals surface area contributed by atoms with Crippen LogP contribution in [0.4, 0.5) is 5.82 Å². The molecule has 0 radical (unpaired) electrons. The smallest absolute Gasteiger partial charge is 0.255 e. The molecule has 0 spiro atoms. The third-order valence-electron chi connectivity index (χ3n) is 5.05. The maximum atomic E-state index is 12.6. The zero-order valence-corrected chi connectivity index (χ0v) is 17.4. The molecule has 3 aromatic rings. The number of aromatic hydroxyl groups is 1. The second kappa shape index (κ2) is 8.08. The van der Waals surface area contributed by atoms with E-state index >= 15 is 0 Å². The van der Waals surface area contributed by atoms with E-state index in [0.29, 0.717) is 11.6 Å². The van der Waals surface area contributed by atoms with Crippen LogP contribution in [0.2, 0.25) is 10.0 Å². The summed E-state index contributed by atoms with van der Waals surface area (Å²) in [5.41, 5.74) is 1.99. The lowest BCUT2D eigenvalue weighted by atomic mass is 10.1. The van der Waals surface area contributed by atoms with Crippen molar-refractivity contribution in [3.05, 3.63) is 51.8 Å². The predicted molar refractivity (Wildman–Crippen MR) is 113 cm³/mol. The Balaban J connectivity index is 1.47. The molecule has 152 valence electrons. The van der Waals surface area contributed by atoms with Crippen LogP contribution in [0.3, 0.4) is 0 Å². The van der Waals surface area contributed by atoms with Gasteiger partial charge in [-0.1, -0.05) is 36.5 Å². The number of benzene rings is 1. The molecule has 0 aliphatic carbocycles. The predicted octanol–water partition coefficient (Wildman–Crippen LogP) is 3.70. The topological polar surface area (TPSA) is 82.8 Å². The van der Waals surface area contributed by atoms with Gasteiger partial charge >= 0.3 is 0 Å². The van der Waals surface area contributed by atoms with Crippen molar-refractivity contribution >= 4 is 40.6 Å². The lowest BCUT2D eigenvalue weighted by molar-refractivity contribution is 0.0937. The monoisotopic (exact) mass is 433 g/mol. The first-order chi connectivity index (χ1) is 14.0. The fourth-order valence-corrected chi connectivity index (χ4v) is 4.09. The van der Waals surface area contributed by atoms with Gasteiger partial charge in [0.05, 0.1) is 22.5 Å². The third-order valence-corrected chi connectivity index (χ3v) is 5.55. The van der Waals surface area contributed by atoms with Gasteiger partial charge in [0.1, 0.15) is 11.6 Å². The van der Waals surface area contributed by atoms with E-state index in [9.17, 15) is 9.90 Å². The minimum atomic E-state index is -0.401. The van der Waals surface area contributed by atoms with Gasteiger partial charge in [0, 0.05) is 24.2 Å². The summed E-state index contributed by atoms with van der Waals surface area (Å²) in [5.74, 6) is 0.180. The highest BCUT2D eigenvalue weighted by Crippen LogP contribution is 2.31. The largest absolute Gasteiger partial charge is 0.506 e. The van der Waals surface area contributed by atoms with Crippen molar-refractivity contribution in [2.45, 2.75) is 32.2 Å². The molecule has 2 N–H and O–H groups in total. The molecule has 0 saturated carbocycles. The molecule has 1 atom stereocenters. The second-order valence-corrected chi connectivity index (χ2v) is 7.99. The molecular formula is C20H21Cl2N5O2. The Labute approximate surface area is 178 Å². The molecule has 7 nitrogen and oxygen atoms in total. The molecule has 0 bridgehead atoms. The summed E-state index contributed by atoms with van der Waals surface area (Å²) in [4.78, 5) is 19.1. The number of amides is 1.